The normalized spacial score (nSPS) is 13.9. The van der Waals surface area contributed by atoms with Gasteiger partial charge in [-0.25, -0.2) is 0 Å². The van der Waals surface area contributed by atoms with Gasteiger partial charge in [0.25, 0.3) is 0 Å². The molecule has 0 spiro atoms. The highest BCUT2D eigenvalue weighted by atomic mass is 35.5. The zero-order valence-electron chi connectivity index (χ0n) is 8.55. The Bertz CT molecular complexity index is 446. The summed E-state index contributed by atoms with van der Waals surface area (Å²) in [6, 6.07) is 5.41. The highest BCUT2D eigenvalue weighted by Crippen LogP contribution is 2.29. The van der Waals surface area contributed by atoms with Gasteiger partial charge in [-0.05, 0) is 24.1 Å². The summed E-state index contributed by atoms with van der Waals surface area (Å²) in [4.78, 5) is 22.4. The Kier molecular flexibility index (Phi) is 3.10. The molecule has 1 aromatic rings. The van der Waals surface area contributed by atoms with Gasteiger partial charge in [0.1, 0.15) is 5.88 Å². The summed E-state index contributed by atoms with van der Waals surface area (Å²) in [5.41, 5.74) is 2.45. The highest BCUT2D eigenvalue weighted by molar-refractivity contribution is 6.29. The minimum atomic E-state index is -0.244. The standard InChI is InChI=1S/C11H11ClN2O2/c12-6-11(16)14-9-3-1-2-8-7(9)4-5-10(15)13-8/h1-3H,4-6H2,(H,13,15)(H,14,16). The average Bonchev–Trinajstić information content (AvgIpc) is 2.28. The second kappa shape index (κ2) is 4.53. The van der Waals surface area contributed by atoms with Crippen molar-refractivity contribution < 1.29 is 9.59 Å². The Morgan fingerprint density at radius 2 is 2.25 bits per heavy atom. The van der Waals surface area contributed by atoms with E-state index >= 15 is 0 Å². The van der Waals surface area contributed by atoms with Crippen molar-refractivity contribution >= 4 is 34.8 Å². The largest absolute Gasteiger partial charge is 0.326 e. The number of carbonyl (C=O) groups is 2. The first kappa shape index (κ1) is 11.0. The van der Waals surface area contributed by atoms with Crippen LogP contribution in [-0.4, -0.2) is 17.7 Å². The molecule has 1 aliphatic rings. The van der Waals surface area contributed by atoms with Crippen LogP contribution in [-0.2, 0) is 16.0 Å². The number of carbonyl (C=O) groups excluding carboxylic acids is 2. The van der Waals surface area contributed by atoms with Crippen molar-refractivity contribution in [1.82, 2.24) is 0 Å². The Morgan fingerprint density at radius 1 is 1.44 bits per heavy atom. The first-order valence-electron chi connectivity index (χ1n) is 4.98. The number of hydrogen-bond donors (Lipinski definition) is 2. The fourth-order valence-electron chi connectivity index (χ4n) is 1.73. The van der Waals surface area contributed by atoms with E-state index in [1.54, 1.807) is 12.1 Å². The molecule has 0 radical (unpaired) electrons. The summed E-state index contributed by atoms with van der Waals surface area (Å²) in [6.45, 7) is 0. The maximum Gasteiger partial charge on any atom is 0.239 e. The van der Waals surface area contributed by atoms with E-state index in [2.05, 4.69) is 10.6 Å². The molecular weight excluding hydrogens is 228 g/mol. The predicted molar refractivity (Wildman–Crippen MR) is 62.7 cm³/mol. The zero-order chi connectivity index (χ0) is 11.5. The van der Waals surface area contributed by atoms with Crippen molar-refractivity contribution in [3.05, 3.63) is 23.8 Å². The Hall–Kier alpha value is -1.55. The number of hydrogen-bond acceptors (Lipinski definition) is 2. The van der Waals surface area contributed by atoms with Crippen molar-refractivity contribution in [2.75, 3.05) is 16.5 Å². The van der Waals surface area contributed by atoms with Crippen molar-refractivity contribution in [2.24, 2.45) is 0 Å². The molecule has 16 heavy (non-hydrogen) atoms. The molecule has 0 atom stereocenters. The lowest BCUT2D eigenvalue weighted by atomic mass is 10.0. The number of amides is 2. The maximum atomic E-state index is 11.2. The van der Waals surface area contributed by atoms with Gasteiger partial charge >= 0.3 is 0 Å². The second-order valence-corrected chi connectivity index (χ2v) is 3.83. The van der Waals surface area contributed by atoms with E-state index in [1.807, 2.05) is 6.07 Å². The van der Waals surface area contributed by atoms with Gasteiger partial charge in [0.2, 0.25) is 11.8 Å². The molecule has 2 N–H and O–H groups in total. The number of anilines is 2. The van der Waals surface area contributed by atoms with E-state index in [4.69, 9.17) is 11.6 Å². The SMILES string of the molecule is O=C(CCl)Nc1cccc2c1CCC(=O)N2. The van der Waals surface area contributed by atoms with Crippen LogP contribution >= 0.6 is 11.6 Å². The summed E-state index contributed by atoms with van der Waals surface area (Å²) >= 11 is 5.43. The summed E-state index contributed by atoms with van der Waals surface area (Å²) in [5.74, 6) is -0.309. The molecule has 5 heteroatoms. The number of fused-ring (bicyclic) bond motifs is 1. The molecule has 0 saturated heterocycles. The lowest BCUT2D eigenvalue weighted by molar-refractivity contribution is -0.116. The predicted octanol–water partition coefficient (Wildman–Crippen LogP) is 1.75. The Labute approximate surface area is 98.0 Å². The molecule has 1 heterocycles. The molecule has 0 bridgehead atoms. The lowest BCUT2D eigenvalue weighted by Crippen LogP contribution is -2.21. The fraction of sp³-hybridized carbons (Fsp3) is 0.273. The third kappa shape index (κ3) is 2.17. The monoisotopic (exact) mass is 238 g/mol. The number of nitrogens with one attached hydrogen (secondary N) is 2. The van der Waals surface area contributed by atoms with Crippen LogP contribution in [0, 0.1) is 0 Å². The topological polar surface area (TPSA) is 58.2 Å². The van der Waals surface area contributed by atoms with Crippen LogP contribution in [0.5, 0.6) is 0 Å². The molecule has 0 fully saturated rings. The number of rotatable bonds is 2. The van der Waals surface area contributed by atoms with Crippen molar-refractivity contribution in [3.63, 3.8) is 0 Å². The van der Waals surface area contributed by atoms with Gasteiger partial charge < -0.3 is 10.6 Å². The van der Waals surface area contributed by atoms with E-state index in [9.17, 15) is 9.59 Å². The first-order chi connectivity index (χ1) is 7.70. The number of benzene rings is 1. The average molecular weight is 239 g/mol. The molecule has 0 unspecified atom stereocenters. The van der Waals surface area contributed by atoms with Crippen LogP contribution in [0.15, 0.2) is 18.2 Å². The molecule has 0 saturated carbocycles. The van der Waals surface area contributed by atoms with Gasteiger partial charge in [-0.1, -0.05) is 6.07 Å². The van der Waals surface area contributed by atoms with Crippen LogP contribution in [0.25, 0.3) is 0 Å². The summed E-state index contributed by atoms with van der Waals surface area (Å²) in [6.07, 6.45) is 1.08. The molecule has 2 rings (SSSR count). The zero-order valence-corrected chi connectivity index (χ0v) is 9.30. The molecule has 0 aromatic heterocycles. The van der Waals surface area contributed by atoms with Gasteiger partial charge in [0, 0.05) is 17.8 Å². The van der Waals surface area contributed by atoms with E-state index in [0.29, 0.717) is 12.8 Å². The fourth-order valence-corrected chi connectivity index (χ4v) is 1.79. The molecule has 1 aromatic carbocycles. The van der Waals surface area contributed by atoms with Crippen LogP contribution in [0.4, 0.5) is 11.4 Å². The van der Waals surface area contributed by atoms with Gasteiger partial charge in [-0.3, -0.25) is 9.59 Å². The lowest BCUT2D eigenvalue weighted by Gasteiger charge is -2.19. The molecule has 1 aliphatic heterocycles. The van der Waals surface area contributed by atoms with Crippen molar-refractivity contribution in [1.29, 1.82) is 0 Å². The smallest absolute Gasteiger partial charge is 0.239 e. The number of alkyl halides is 1. The van der Waals surface area contributed by atoms with Crippen LogP contribution in [0.1, 0.15) is 12.0 Å². The number of halogens is 1. The first-order valence-corrected chi connectivity index (χ1v) is 5.51. The van der Waals surface area contributed by atoms with Gasteiger partial charge in [0.15, 0.2) is 0 Å². The van der Waals surface area contributed by atoms with E-state index < -0.39 is 0 Å². The Morgan fingerprint density at radius 3 is 3.00 bits per heavy atom. The molecule has 4 nitrogen and oxygen atoms in total. The quantitative estimate of drug-likeness (QED) is 0.772. The van der Waals surface area contributed by atoms with E-state index in [-0.39, 0.29) is 17.7 Å². The van der Waals surface area contributed by atoms with E-state index in [1.165, 1.54) is 0 Å². The minimum absolute atomic E-state index is 0.00770. The molecule has 84 valence electrons. The third-order valence-electron chi connectivity index (χ3n) is 2.45. The van der Waals surface area contributed by atoms with Gasteiger partial charge in [0.05, 0.1) is 0 Å². The summed E-state index contributed by atoms with van der Waals surface area (Å²) in [5, 5.41) is 5.48. The van der Waals surface area contributed by atoms with Gasteiger partial charge in [-0.15, -0.1) is 11.6 Å². The molecular formula is C11H11ClN2O2. The third-order valence-corrected chi connectivity index (χ3v) is 2.69. The molecule has 0 aliphatic carbocycles. The van der Waals surface area contributed by atoms with Crippen molar-refractivity contribution in [2.45, 2.75) is 12.8 Å². The maximum absolute atomic E-state index is 11.2. The Balaban J connectivity index is 2.30. The summed E-state index contributed by atoms with van der Waals surface area (Å²) < 4.78 is 0. The van der Waals surface area contributed by atoms with Crippen molar-refractivity contribution in [3.8, 4) is 0 Å². The van der Waals surface area contributed by atoms with Gasteiger partial charge in [-0.2, -0.15) is 0 Å². The highest BCUT2D eigenvalue weighted by Gasteiger charge is 2.17. The second-order valence-electron chi connectivity index (χ2n) is 3.56. The summed E-state index contributed by atoms with van der Waals surface area (Å²) in [7, 11) is 0. The van der Waals surface area contributed by atoms with Crippen LogP contribution in [0.3, 0.4) is 0 Å². The van der Waals surface area contributed by atoms with Crippen LogP contribution < -0.4 is 10.6 Å². The minimum Gasteiger partial charge on any atom is -0.326 e. The molecule has 2 amide bonds. The van der Waals surface area contributed by atoms with Crippen LogP contribution in [0.2, 0.25) is 0 Å². The van der Waals surface area contributed by atoms with E-state index in [0.717, 1.165) is 16.9 Å².